The highest BCUT2D eigenvalue weighted by molar-refractivity contribution is 7.20. The molecule has 102 valence electrons. The molecule has 2 rings (SSSR count). The largest absolute Gasteiger partial charge is 0.310 e. The van der Waals surface area contributed by atoms with Gasteiger partial charge in [-0.15, -0.1) is 11.3 Å². The number of thiophene rings is 1. The SMILES string of the molecule is CC(NCC1C(C)(C)C1(C)C)c1cc(Cl)sc1Cl. The Morgan fingerprint density at radius 3 is 2.22 bits per heavy atom. The topological polar surface area (TPSA) is 12.0 Å². The molecular formula is C14H21Cl2NS. The summed E-state index contributed by atoms with van der Waals surface area (Å²) in [7, 11) is 0. The molecule has 0 saturated heterocycles. The van der Waals surface area contributed by atoms with Crippen molar-refractivity contribution in [2.75, 3.05) is 6.54 Å². The second-order valence-corrected chi connectivity index (χ2v) is 8.69. The van der Waals surface area contributed by atoms with Crippen LogP contribution in [0, 0.1) is 16.7 Å². The third-order valence-electron chi connectivity index (χ3n) is 5.10. The number of hydrogen-bond acceptors (Lipinski definition) is 2. The zero-order chi connectivity index (χ0) is 13.7. The lowest BCUT2D eigenvalue weighted by atomic mass is 10.0. The summed E-state index contributed by atoms with van der Waals surface area (Å²) in [6.07, 6.45) is 0. The van der Waals surface area contributed by atoms with Crippen molar-refractivity contribution in [1.29, 1.82) is 0 Å². The number of rotatable bonds is 4. The molecule has 0 aliphatic heterocycles. The quantitative estimate of drug-likeness (QED) is 0.786. The van der Waals surface area contributed by atoms with Crippen LogP contribution in [0.2, 0.25) is 8.67 Å². The van der Waals surface area contributed by atoms with Crippen molar-refractivity contribution < 1.29 is 0 Å². The fraction of sp³-hybridized carbons (Fsp3) is 0.714. The zero-order valence-electron chi connectivity index (χ0n) is 11.6. The van der Waals surface area contributed by atoms with Crippen LogP contribution in [-0.4, -0.2) is 6.54 Å². The molecular weight excluding hydrogens is 285 g/mol. The fourth-order valence-electron chi connectivity index (χ4n) is 2.90. The maximum absolute atomic E-state index is 6.18. The first-order valence-electron chi connectivity index (χ1n) is 6.36. The summed E-state index contributed by atoms with van der Waals surface area (Å²) < 4.78 is 1.56. The lowest BCUT2D eigenvalue weighted by molar-refractivity contribution is 0.457. The fourth-order valence-corrected chi connectivity index (χ4v) is 4.54. The predicted molar refractivity (Wildman–Crippen MR) is 81.8 cm³/mol. The Morgan fingerprint density at radius 1 is 1.28 bits per heavy atom. The van der Waals surface area contributed by atoms with Gasteiger partial charge in [0, 0.05) is 6.04 Å². The Hall–Kier alpha value is 0.240. The van der Waals surface area contributed by atoms with Crippen LogP contribution in [0.4, 0.5) is 0 Å². The highest BCUT2D eigenvalue weighted by Gasteiger charge is 2.63. The Balaban J connectivity index is 1.94. The molecule has 1 heterocycles. The Morgan fingerprint density at radius 2 is 1.83 bits per heavy atom. The minimum absolute atomic E-state index is 0.258. The molecule has 1 aliphatic carbocycles. The van der Waals surface area contributed by atoms with Gasteiger partial charge in [-0.3, -0.25) is 0 Å². The van der Waals surface area contributed by atoms with Crippen molar-refractivity contribution in [2.24, 2.45) is 16.7 Å². The minimum Gasteiger partial charge on any atom is -0.310 e. The van der Waals surface area contributed by atoms with Crippen molar-refractivity contribution in [2.45, 2.75) is 40.7 Å². The lowest BCUT2D eigenvalue weighted by Gasteiger charge is -2.14. The molecule has 18 heavy (non-hydrogen) atoms. The molecule has 1 aromatic heterocycles. The number of hydrogen-bond donors (Lipinski definition) is 1. The molecule has 1 N–H and O–H groups in total. The second-order valence-electron chi connectivity index (χ2n) is 6.41. The summed E-state index contributed by atoms with van der Waals surface area (Å²) in [5.74, 6) is 0.723. The standard InChI is InChI=1S/C14H21Cl2NS/c1-8(9-6-11(15)18-12(9)16)17-7-10-13(2,3)14(10,4)5/h6,8,10,17H,7H2,1-5H3. The minimum atomic E-state index is 0.258. The average molecular weight is 306 g/mol. The molecule has 0 radical (unpaired) electrons. The van der Waals surface area contributed by atoms with E-state index in [0.717, 1.165) is 26.7 Å². The van der Waals surface area contributed by atoms with Gasteiger partial charge in [0.2, 0.25) is 0 Å². The predicted octanol–water partition coefficient (Wildman–Crippen LogP) is 5.39. The maximum atomic E-state index is 6.18. The van der Waals surface area contributed by atoms with E-state index in [4.69, 9.17) is 23.2 Å². The molecule has 1 saturated carbocycles. The van der Waals surface area contributed by atoms with Crippen molar-refractivity contribution in [3.63, 3.8) is 0 Å². The second kappa shape index (κ2) is 4.66. The molecule has 1 unspecified atom stereocenters. The number of nitrogens with one attached hydrogen (secondary N) is 1. The summed E-state index contributed by atoms with van der Waals surface area (Å²) >= 11 is 13.6. The highest BCUT2D eigenvalue weighted by atomic mass is 35.5. The summed E-state index contributed by atoms with van der Waals surface area (Å²) in [6.45, 7) is 12.6. The van der Waals surface area contributed by atoms with Crippen molar-refractivity contribution in [3.8, 4) is 0 Å². The van der Waals surface area contributed by atoms with Crippen LogP contribution in [0.1, 0.15) is 46.2 Å². The summed E-state index contributed by atoms with van der Waals surface area (Å²) in [6, 6.07) is 2.23. The first-order chi connectivity index (χ1) is 8.18. The molecule has 0 spiro atoms. The summed E-state index contributed by atoms with van der Waals surface area (Å²) in [4.78, 5) is 0. The zero-order valence-corrected chi connectivity index (χ0v) is 13.9. The first kappa shape index (κ1) is 14.6. The van der Waals surface area contributed by atoms with Crippen molar-refractivity contribution >= 4 is 34.5 Å². The van der Waals surface area contributed by atoms with E-state index in [1.807, 2.05) is 6.07 Å². The summed E-state index contributed by atoms with van der Waals surface area (Å²) in [5.41, 5.74) is 1.97. The molecule has 4 heteroatoms. The van der Waals surface area contributed by atoms with Gasteiger partial charge in [-0.2, -0.15) is 0 Å². The smallest absolute Gasteiger partial charge is 0.0991 e. The summed E-state index contributed by atoms with van der Waals surface area (Å²) in [5, 5.41) is 3.59. The van der Waals surface area contributed by atoms with Crippen LogP contribution in [0.25, 0.3) is 0 Å². The van der Waals surface area contributed by atoms with Gasteiger partial charge < -0.3 is 5.32 Å². The Kier molecular flexibility index (Phi) is 3.79. The van der Waals surface area contributed by atoms with Gasteiger partial charge >= 0.3 is 0 Å². The van der Waals surface area contributed by atoms with Gasteiger partial charge in [-0.1, -0.05) is 50.9 Å². The third kappa shape index (κ3) is 2.33. The molecule has 0 aromatic carbocycles. The third-order valence-corrected chi connectivity index (χ3v) is 6.62. The van der Waals surface area contributed by atoms with E-state index in [-0.39, 0.29) is 6.04 Å². The van der Waals surface area contributed by atoms with Crippen LogP contribution in [-0.2, 0) is 0 Å². The Bertz CT molecular complexity index is 437. The molecule has 1 nitrogen and oxygen atoms in total. The molecule has 0 amide bonds. The van der Waals surface area contributed by atoms with Crippen LogP contribution in [0.3, 0.4) is 0 Å². The van der Waals surface area contributed by atoms with E-state index < -0.39 is 0 Å². The molecule has 0 bridgehead atoms. The molecule has 1 aromatic rings. The van der Waals surface area contributed by atoms with E-state index in [9.17, 15) is 0 Å². The van der Waals surface area contributed by atoms with Gasteiger partial charge in [-0.25, -0.2) is 0 Å². The Labute approximate surface area is 124 Å². The van der Waals surface area contributed by atoms with Crippen LogP contribution in [0.15, 0.2) is 6.07 Å². The van der Waals surface area contributed by atoms with Crippen LogP contribution >= 0.6 is 34.5 Å². The van der Waals surface area contributed by atoms with Crippen molar-refractivity contribution in [1.82, 2.24) is 5.32 Å². The van der Waals surface area contributed by atoms with Gasteiger partial charge in [-0.05, 0) is 41.8 Å². The molecule has 1 aliphatic rings. The van der Waals surface area contributed by atoms with Crippen LogP contribution in [0.5, 0.6) is 0 Å². The van der Waals surface area contributed by atoms with E-state index in [2.05, 4.69) is 39.9 Å². The van der Waals surface area contributed by atoms with Gasteiger partial charge in [0.05, 0.1) is 8.67 Å². The van der Waals surface area contributed by atoms with E-state index in [1.165, 1.54) is 11.3 Å². The molecule has 1 atom stereocenters. The van der Waals surface area contributed by atoms with Crippen LogP contribution < -0.4 is 5.32 Å². The lowest BCUT2D eigenvalue weighted by Crippen LogP contribution is -2.22. The van der Waals surface area contributed by atoms with Gasteiger partial charge in [0.15, 0.2) is 0 Å². The monoisotopic (exact) mass is 305 g/mol. The van der Waals surface area contributed by atoms with E-state index >= 15 is 0 Å². The van der Waals surface area contributed by atoms with Gasteiger partial charge in [0.25, 0.3) is 0 Å². The van der Waals surface area contributed by atoms with Crippen molar-refractivity contribution in [3.05, 3.63) is 20.3 Å². The first-order valence-corrected chi connectivity index (χ1v) is 7.93. The normalized spacial score (nSPS) is 23.1. The van der Waals surface area contributed by atoms with E-state index in [0.29, 0.717) is 10.8 Å². The highest BCUT2D eigenvalue weighted by Crippen LogP contribution is 2.68. The maximum Gasteiger partial charge on any atom is 0.0991 e. The number of halogens is 2. The van der Waals surface area contributed by atoms with E-state index in [1.54, 1.807) is 0 Å². The average Bonchev–Trinajstić information content (AvgIpc) is 2.54. The molecule has 1 fully saturated rings. The van der Waals surface area contributed by atoms with Gasteiger partial charge in [0.1, 0.15) is 0 Å².